The fourth-order valence-electron chi connectivity index (χ4n) is 2.92. The Hall–Kier alpha value is -3.54. The van der Waals surface area contributed by atoms with E-state index in [1.54, 1.807) is 26.5 Å². The average Bonchev–Trinajstić information content (AvgIpc) is 2.74. The van der Waals surface area contributed by atoms with Crippen LogP contribution in [0.4, 0.5) is 11.4 Å². The van der Waals surface area contributed by atoms with Gasteiger partial charge in [0.05, 0.1) is 31.8 Å². The van der Waals surface area contributed by atoms with E-state index in [-0.39, 0.29) is 5.91 Å². The molecule has 0 bridgehead atoms. The molecular formula is C23H25N3O3. The van der Waals surface area contributed by atoms with E-state index in [0.717, 1.165) is 30.0 Å². The predicted molar refractivity (Wildman–Crippen MR) is 115 cm³/mol. The van der Waals surface area contributed by atoms with Crippen LogP contribution in [0.3, 0.4) is 0 Å². The maximum atomic E-state index is 12.5. The largest absolute Gasteiger partial charge is 0.497 e. The number of amides is 1. The molecule has 150 valence electrons. The van der Waals surface area contributed by atoms with E-state index in [2.05, 4.69) is 21.7 Å². The average molecular weight is 391 g/mol. The van der Waals surface area contributed by atoms with Gasteiger partial charge in [-0.05, 0) is 60.9 Å². The van der Waals surface area contributed by atoms with Crippen LogP contribution < -0.4 is 20.1 Å². The third kappa shape index (κ3) is 5.48. The number of nitrogens with zero attached hydrogens (tertiary/aromatic N) is 1. The van der Waals surface area contributed by atoms with Crippen molar-refractivity contribution >= 4 is 17.3 Å². The van der Waals surface area contributed by atoms with E-state index in [1.807, 2.05) is 49.4 Å². The molecule has 0 radical (unpaired) electrons. The van der Waals surface area contributed by atoms with E-state index in [9.17, 15) is 4.79 Å². The minimum atomic E-state index is -0.281. The normalized spacial score (nSPS) is 10.3. The second-order valence-corrected chi connectivity index (χ2v) is 6.62. The molecule has 1 amide bonds. The van der Waals surface area contributed by atoms with Crippen LogP contribution in [0, 0.1) is 6.92 Å². The molecule has 0 spiro atoms. The summed E-state index contributed by atoms with van der Waals surface area (Å²) >= 11 is 0. The minimum absolute atomic E-state index is 0.281. The molecule has 0 aliphatic rings. The predicted octanol–water partition coefficient (Wildman–Crippen LogP) is 4.31. The highest BCUT2D eigenvalue weighted by Gasteiger charge is 2.11. The van der Waals surface area contributed by atoms with Crippen LogP contribution in [0.15, 0.2) is 60.8 Å². The summed E-state index contributed by atoms with van der Waals surface area (Å²) in [7, 11) is 3.24. The molecule has 6 nitrogen and oxygen atoms in total. The second kappa shape index (κ2) is 9.59. The molecule has 29 heavy (non-hydrogen) atoms. The Morgan fingerprint density at radius 2 is 1.90 bits per heavy atom. The first-order valence-electron chi connectivity index (χ1n) is 9.38. The lowest BCUT2D eigenvalue weighted by Crippen LogP contribution is -2.14. The van der Waals surface area contributed by atoms with Crippen molar-refractivity contribution in [2.45, 2.75) is 13.3 Å². The number of rotatable bonds is 8. The number of hydrogen-bond donors (Lipinski definition) is 2. The Balaban J connectivity index is 1.57. The van der Waals surface area contributed by atoms with E-state index in [4.69, 9.17) is 9.47 Å². The van der Waals surface area contributed by atoms with Crippen molar-refractivity contribution < 1.29 is 14.3 Å². The number of carbonyl (C=O) groups excluding carboxylic acids is 1. The van der Waals surface area contributed by atoms with E-state index in [0.29, 0.717) is 17.1 Å². The lowest BCUT2D eigenvalue weighted by atomic mass is 10.1. The number of aryl methyl sites for hydroxylation is 1. The fraction of sp³-hybridized carbons (Fsp3) is 0.217. The summed E-state index contributed by atoms with van der Waals surface area (Å²) in [5.41, 5.74) is 4.04. The molecule has 0 unspecified atom stereocenters. The number of pyridine rings is 1. The molecular weight excluding hydrogens is 366 g/mol. The third-order valence-electron chi connectivity index (χ3n) is 4.48. The third-order valence-corrected chi connectivity index (χ3v) is 4.48. The molecule has 6 heteroatoms. The van der Waals surface area contributed by atoms with Gasteiger partial charge in [-0.25, -0.2) is 4.98 Å². The molecule has 3 rings (SSSR count). The van der Waals surface area contributed by atoms with Crippen LogP contribution in [-0.4, -0.2) is 31.7 Å². The maximum Gasteiger partial charge on any atom is 0.274 e. The molecule has 0 saturated carbocycles. The Kier molecular flexibility index (Phi) is 6.68. The molecule has 0 aliphatic heterocycles. The van der Waals surface area contributed by atoms with Crippen molar-refractivity contribution in [2.75, 3.05) is 31.4 Å². The van der Waals surface area contributed by atoms with E-state index < -0.39 is 0 Å². The number of ether oxygens (including phenoxy) is 2. The van der Waals surface area contributed by atoms with Crippen molar-refractivity contribution in [3.8, 4) is 11.5 Å². The van der Waals surface area contributed by atoms with Crippen LogP contribution in [0.1, 0.15) is 21.6 Å². The Bertz CT molecular complexity index is 971. The minimum Gasteiger partial charge on any atom is -0.497 e. The van der Waals surface area contributed by atoms with Gasteiger partial charge < -0.3 is 20.1 Å². The first-order valence-corrected chi connectivity index (χ1v) is 9.38. The van der Waals surface area contributed by atoms with Crippen molar-refractivity contribution in [2.24, 2.45) is 0 Å². The van der Waals surface area contributed by atoms with Gasteiger partial charge in [0.1, 0.15) is 17.2 Å². The second-order valence-electron chi connectivity index (χ2n) is 6.62. The zero-order valence-corrected chi connectivity index (χ0v) is 16.9. The molecule has 1 aromatic heterocycles. The monoisotopic (exact) mass is 391 g/mol. The van der Waals surface area contributed by atoms with Crippen molar-refractivity contribution in [3.05, 3.63) is 77.6 Å². The van der Waals surface area contributed by atoms with Crippen molar-refractivity contribution in [1.29, 1.82) is 0 Å². The number of benzene rings is 2. The van der Waals surface area contributed by atoms with Gasteiger partial charge in [0.2, 0.25) is 0 Å². The number of nitrogens with one attached hydrogen (secondary N) is 2. The summed E-state index contributed by atoms with van der Waals surface area (Å²) in [6, 6.07) is 17.2. The quantitative estimate of drug-likeness (QED) is 0.598. The molecule has 0 aliphatic carbocycles. The number of aromatic nitrogens is 1. The molecule has 2 N–H and O–H groups in total. The standard InChI is InChI=1S/C23H25N3O3/c1-16-7-10-22(29-3)21(13-16)26-23(27)20-9-8-18(15-25-20)24-12-11-17-5-4-6-19(14-17)28-2/h4-10,13-15,24H,11-12H2,1-3H3,(H,26,27). The molecule has 0 fully saturated rings. The Labute approximate surface area is 170 Å². The highest BCUT2D eigenvalue weighted by atomic mass is 16.5. The lowest BCUT2D eigenvalue weighted by Gasteiger charge is -2.11. The number of hydrogen-bond acceptors (Lipinski definition) is 5. The topological polar surface area (TPSA) is 72.5 Å². The highest BCUT2D eigenvalue weighted by molar-refractivity contribution is 6.03. The Morgan fingerprint density at radius 1 is 1.03 bits per heavy atom. The summed E-state index contributed by atoms with van der Waals surface area (Å²) in [4.78, 5) is 16.8. The zero-order chi connectivity index (χ0) is 20.6. The highest BCUT2D eigenvalue weighted by Crippen LogP contribution is 2.25. The van der Waals surface area contributed by atoms with E-state index in [1.165, 1.54) is 5.56 Å². The number of anilines is 2. The summed E-state index contributed by atoms with van der Waals surface area (Å²) in [5.74, 6) is 1.18. The van der Waals surface area contributed by atoms with Gasteiger partial charge in [-0.3, -0.25) is 4.79 Å². The maximum absolute atomic E-state index is 12.5. The van der Waals surface area contributed by atoms with Gasteiger partial charge in [-0.15, -0.1) is 0 Å². The summed E-state index contributed by atoms with van der Waals surface area (Å²) in [6.45, 7) is 2.71. The van der Waals surface area contributed by atoms with Crippen molar-refractivity contribution in [1.82, 2.24) is 4.98 Å². The molecule has 0 atom stereocenters. The fourth-order valence-corrected chi connectivity index (χ4v) is 2.92. The van der Waals surface area contributed by atoms with Gasteiger partial charge in [-0.2, -0.15) is 0 Å². The lowest BCUT2D eigenvalue weighted by molar-refractivity contribution is 0.102. The number of carbonyl (C=O) groups is 1. The SMILES string of the molecule is COc1cccc(CCNc2ccc(C(=O)Nc3cc(C)ccc3OC)nc2)c1. The van der Waals surface area contributed by atoms with Gasteiger partial charge >= 0.3 is 0 Å². The number of methoxy groups -OCH3 is 2. The van der Waals surface area contributed by atoms with Gasteiger partial charge in [-0.1, -0.05) is 18.2 Å². The van der Waals surface area contributed by atoms with Crippen LogP contribution in [0.2, 0.25) is 0 Å². The molecule has 3 aromatic rings. The van der Waals surface area contributed by atoms with Crippen LogP contribution in [-0.2, 0) is 6.42 Å². The van der Waals surface area contributed by atoms with Crippen molar-refractivity contribution in [3.63, 3.8) is 0 Å². The summed E-state index contributed by atoms with van der Waals surface area (Å²) < 4.78 is 10.5. The molecule has 1 heterocycles. The van der Waals surface area contributed by atoms with Crippen LogP contribution in [0.5, 0.6) is 11.5 Å². The van der Waals surface area contributed by atoms with Gasteiger partial charge in [0.25, 0.3) is 5.91 Å². The molecule has 2 aromatic carbocycles. The Morgan fingerprint density at radius 3 is 2.62 bits per heavy atom. The zero-order valence-electron chi connectivity index (χ0n) is 16.9. The molecule has 0 saturated heterocycles. The summed E-state index contributed by atoms with van der Waals surface area (Å²) in [6.07, 6.45) is 2.51. The smallest absolute Gasteiger partial charge is 0.274 e. The van der Waals surface area contributed by atoms with Gasteiger partial charge in [0, 0.05) is 6.54 Å². The van der Waals surface area contributed by atoms with Gasteiger partial charge in [0.15, 0.2) is 0 Å². The van der Waals surface area contributed by atoms with Crippen LogP contribution >= 0.6 is 0 Å². The summed E-state index contributed by atoms with van der Waals surface area (Å²) in [5, 5.41) is 6.17. The van der Waals surface area contributed by atoms with E-state index >= 15 is 0 Å². The first kappa shape index (κ1) is 20.2. The van der Waals surface area contributed by atoms with Crippen LogP contribution in [0.25, 0.3) is 0 Å². The first-order chi connectivity index (χ1) is 14.1.